The second-order valence-corrected chi connectivity index (χ2v) is 5.76. The molecular weight excluding hydrogens is 320 g/mol. The Morgan fingerprint density at radius 3 is 2.56 bits per heavy atom. The molecule has 0 unspecified atom stereocenters. The highest BCUT2D eigenvalue weighted by Gasteiger charge is 2.22. The van der Waals surface area contributed by atoms with Crippen LogP contribution in [0.2, 0.25) is 0 Å². The molecule has 1 heterocycles. The first-order chi connectivity index (χ1) is 12.0. The van der Waals surface area contributed by atoms with E-state index in [0.29, 0.717) is 18.0 Å². The van der Waals surface area contributed by atoms with Crippen molar-refractivity contribution in [1.82, 2.24) is 0 Å². The molecule has 0 radical (unpaired) electrons. The van der Waals surface area contributed by atoms with Gasteiger partial charge in [-0.1, -0.05) is 12.1 Å². The first-order valence-electron chi connectivity index (χ1n) is 7.91. The van der Waals surface area contributed by atoms with Gasteiger partial charge in [0.05, 0.1) is 32.0 Å². The number of carboxylic acids is 1. The average molecular weight is 340 g/mol. The fourth-order valence-corrected chi connectivity index (χ4v) is 2.94. The number of anilines is 1. The minimum Gasteiger partial charge on any atom is -0.493 e. The Morgan fingerprint density at radius 1 is 1.16 bits per heavy atom. The Balaban J connectivity index is 2.19. The number of fused-ring (bicyclic) bond motifs is 1. The summed E-state index contributed by atoms with van der Waals surface area (Å²) in [5, 5.41) is 9.27. The van der Waals surface area contributed by atoms with Gasteiger partial charge in [-0.15, -0.1) is 0 Å². The molecule has 2 aromatic carbocycles. The highest BCUT2D eigenvalue weighted by molar-refractivity contribution is 6.17. The smallest absolute Gasteiger partial charge is 0.335 e. The van der Waals surface area contributed by atoms with Crippen LogP contribution in [0.3, 0.4) is 0 Å². The molecule has 0 saturated carbocycles. The SMILES string of the molecule is COc1cc2c(cc1OC)N(C)CCN=C2c1cccc(C(=O)O)c1. The van der Waals surface area contributed by atoms with E-state index in [1.807, 2.05) is 25.2 Å². The topological polar surface area (TPSA) is 71.4 Å². The first kappa shape index (κ1) is 16.8. The Labute approximate surface area is 146 Å². The lowest BCUT2D eigenvalue weighted by Gasteiger charge is -2.21. The molecule has 3 rings (SSSR count). The Morgan fingerprint density at radius 2 is 1.88 bits per heavy atom. The zero-order chi connectivity index (χ0) is 18.0. The fraction of sp³-hybridized carbons (Fsp3) is 0.263. The molecule has 130 valence electrons. The van der Waals surface area contributed by atoms with Crippen LogP contribution in [0.25, 0.3) is 0 Å². The van der Waals surface area contributed by atoms with Gasteiger partial charge in [-0.3, -0.25) is 4.99 Å². The number of hydrogen-bond donors (Lipinski definition) is 1. The summed E-state index contributed by atoms with van der Waals surface area (Å²) in [6.07, 6.45) is 0. The fourth-order valence-electron chi connectivity index (χ4n) is 2.94. The summed E-state index contributed by atoms with van der Waals surface area (Å²) < 4.78 is 10.8. The Bertz CT molecular complexity index is 845. The van der Waals surface area contributed by atoms with E-state index in [1.54, 1.807) is 32.4 Å². The van der Waals surface area contributed by atoms with Crippen molar-refractivity contribution in [2.24, 2.45) is 4.99 Å². The second kappa shape index (κ2) is 6.84. The summed E-state index contributed by atoms with van der Waals surface area (Å²) in [5.74, 6) is 0.299. The molecule has 6 heteroatoms. The summed E-state index contributed by atoms with van der Waals surface area (Å²) in [4.78, 5) is 18.1. The van der Waals surface area contributed by atoms with Crippen LogP contribution >= 0.6 is 0 Å². The van der Waals surface area contributed by atoms with E-state index in [1.165, 1.54) is 0 Å². The third-order valence-electron chi connectivity index (χ3n) is 4.26. The molecule has 6 nitrogen and oxygen atoms in total. The number of hydrogen-bond acceptors (Lipinski definition) is 5. The van der Waals surface area contributed by atoms with Crippen LogP contribution in [-0.2, 0) is 0 Å². The van der Waals surface area contributed by atoms with Crippen LogP contribution < -0.4 is 14.4 Å². The number of benzodiazepines with no additional fused rings is 1. The number of carbonyl (C=O) groups is 1. The molecule has 1 aliphatic rings. The molecule has 1 N–H and O–H groups in total. The quantitative estimate of drug-likeness (QED) is 0.926. The zero-order valence-corrected chi connectivity index (χ0v) is 14.4. The monoisotopic (exact) mass is 340 g/mol. The van der Waals surface area contributed by atoms with Crippen molar-refractivity contribution in [2.75, 3.05) is 39.3 Å². The van der Waals surface area contributed by atoms with Gasteiger partial charge in [0.1, 0.15) is 0 Å². The van der Waals surface area contributed by atoms with Crippen LogP contribution in [0.5, 0.6) is 11.5 Å². The third kappa shape index (κ3) is 3.15. The predicted octanol–water partition coefficient (Wildman–Crippen LogP) is 2.69. The van der Waals surface area contributed by atoms with Gasteiger partial charge in [0.2, 0.25) is 0 Å². The van der Waals surface area contributed by atoms with Gasteiger partial charge in [0, 0.05) is 36.5 Å². The lowest BCUT2D eigenvalue weighted by atomic mass is 9.98. The van der Waals surface area contributed by atoms with Crippen LogP contribution in [0.1, 0.15) is 21.5 Å². The van der Waals surface area contributed by atoms with E-state index in [4.69, 9.17) is 14.5 Å². The maximum absolute atomic E-state index is 11.3. The first-order valence-corrected chi connectivity index (χ1v) is 7.91. The van der Waals surface area contributed by atoms with E-state index >= 15 is 0 Å². The van der Waals surface area contributed by atoms with Gasteiger partial charge in [-0.2, -0.15) is 0 Å². The van der Waals surface area contributed by atoms with Gasteiger partial charge in [0.15, 0.2) is 11.5 Å². The number of benzene rings is 2. The van der Waals surface area contributed by atoms with Gasteiger partial charge in [-0.05, 0) is 18.2 Å². The Kier molecular flexibility index (Phi) is 4.61. The van der Waals surface area contributed by atoms with Crippen LogP contribution in [-0.4, -0.2) is 51.1 Å². The molecule has 1 aliphatic heterocycles. The lowest BCUT2D eigenvalue weighted by molar-refractivity contribution is 0.0697. The molecular formula is C19H20N2O4. The van der Waals surface area contributed by atoms with Crippen molar-refractivity contribution < 1.29 is 19.4 Å². The van der Waals surface area contributed by atoms with E-state index in [0.717, 1.165) is 29.1 Å². The molecule has 0 spiro atoms. The number of aromatic carboxylic acids is 1. The van der Waals surface area contributed by atoms with Crippen LogP contribution in [0, 0.1) is 0 Å². The van der Waals surface area contributed by atoms with E-state index < -0.39 is 5.97 Å². The van der Waals surface area contributed by atoms with E-state index in [2.05, 4.69) is 4.90 Å². The number of aliphatic imine (C=N–C) groups is 1. The maximum atomic E-state index is 11.3. The standard InChI is InChI=1S/C19H20N2O4/c1-21-8-7-20-18(12-5-4-6-13(9-12)19(22)23)14-10-16(24-2)17(25-3)11-15(14)21/h4-6,9-11H,7-8H2,1-3H3,(H,22,23). The third-order valence-corrected chi connectivity index (χ3v) is 4.26. The van der Waals surface area contributed by atoms with Gasteiger partial charge in [0.25, 0.3) is 0 Å². The maximum Gasteiger partial charge on any atom is 0.335 e. The highest BCUT2D eigenvalue weighted by atomic mass is 16.5. The van der Waals surface area contributed by atoms with E-state index in [-0.39, 0.29) is 5.56 Å². The summed E-state index contributed by atoms with van der Waals surface area (Å²) in [6.45, 7) is 1.37. The normalized spacial score (nSPS) is 13.6. The summed E-state index contributed by atoms with van der Waals surface area (Å²) in [7, 11) is 5.19. The molecule has 0 atom stereocenters. The minimum atomic E-state index is -0.958. The molecule has 0 aromatic heterocycles. The number of nitrogens with zero attached hydrogens (tertiary/aromatic N) is 2. The summed E-state index contributed by atoms with van der Waals surface area (Å²) in [6, 6.07) is 10.6. The van der Waals surface area contributed by atoms with Gasteiger partial charge >= 0.3 is 5.97 Å². The van der Waals surface area contributed by atoms with Crippen molar-refractivity contribution in [1.29, 1.82) is 0 Å². The largest absolute Gasteiger partial charge is 0.493 e. The molecule has 0 fully saturated rings. The molecule has 0 amide bonds. The molecule has 0 saturated heterocycles. The van der Waals surface area contributed by atoms with Crippen LogP contribution in [0.4, 0.5) is 5.69 Å². The predicted molar refractivity (Wildman–Crippen MR) is 96.7 cm³/mol. The number of methoxy groups -OCH3 is 2. The second-order valence-electron chi connectivity index (χ2n) is 5.76. The van der Waals surface area contributed by atoms with Gasteiger partial charge in [-0.25, -0.2) is 4.79 Å². The average Bonchev–Trinajstić information content (AvgIpc) is 2.79. The van der Waals surface area contributed by atoms with Crippen molar-refractivity contribution in [2.45, 2.75) is 0 Å². The molecule has 2 aromatic rings. The van der Waals surface area contributed by atoms with E-state index in [9.17, 15) is 9.90 Å². The number of ether oxygens (including phenoxy) is 2. The highest BCUT2D eigenvalue weighted by Crippen LogP contribution is 2.37. The van der Waals surface area contributed by atoms with Gasteiger partial charge < -0.3 is 19.5 Å². The Hall–Kier alpha value is -3.02. The summed E-state index contributed by atoms with van der Waals surface area (Å²) >= 11 is 0. The van der Waals surface area contributed by atoms with Crippen molar-refractivity contribution in [3.05, 3.63) is 53.1 Å². The summed E-state index contributed by atoms with van der Waals surface area (Å²) in [5.41, 5.74) is 3.61. The zero-order valence-electron chi connectivity index (χ0n) is 14.4. The minimum absolute atomic E-state index is 0.236. The van der Waals surface area contributed by atoms with Crippen molar-refractivity contribution >= 4 is 17.4 Å². The molecule has 25 heavy (non-hydrogen) atoms. The lowest BCUT2D eigenvalue weighted by Crippen LogP contribution is -2.20. The van der Waals surface area contributed by atoms with Crippen molar-refractivity contribution in [3.63, 3.8) is 0 Å². The van der Waals surface area contributed by atoms with Crippen LogP contribution in [0.15, 0.2) is 41.4 Å². The number of carboxylic acid groups (broad SMARTS) is 1. The van der Waals surface area contributed by atoms with Crippen molar-refractivity contribution in [3.8, 4) is 11.5 Å². The number of likely N-dealkylation sites (N-methyl/N-ethyl adjacent to an activating group) is 1. The molecule has 0 bridgehead atoms. The number of rotatable bonds is 4. The molecule has 0 aliphatic carbocycles.